The van der Waals surface area contributed by atoms with Crippen LogP contribution in [0.1, 0.15) is 32.3 Å². The zero-order valence-electron chi connectivity index (χ0n) is 9.87. The maximum Gasteiger partial charge on any atom is 0.0240 e. The number of thioether (sulfide) groups is 1. The molecule has 0 heterocycles. The van der Waals surface area contributed by atoms with Crippen molar-refractivity contribution in [3.63, 3.8) is 0 Å². The molecule has 0 amide bonds. The first-order chi connectivity index (χ1) is 7.19. The molecule has 0 aliphatic heterocycles. The Hall–Kier alpha value is -0.870. The Labute approximate surface area is 97.5 Å². The van der Waals surface area contributed by atoms with E-state index < -0.39 is 0 Å². The van der Waals surface area contributed by atoms with Gasteiger partial charge in [0.2, 0.25) is 0 Å². The first-order valence-electron chi connectivity index (χ1n) is 5.25. The minimum Gasteiger partial charge on any atom is -0.130 e. The zero-order chi connectivity index (χ0) is 11.3. The minimum atomic E-state index is 0.426. The van der Waals surface area contributed by atoms with E-state index in [0.29, 0.717) is 11.8 Å². The molecule has 2 unspecified atom stereocenters. The summed E-state index contributed by atoms with van der Waals surface area (Å²) in [5.74, 6) is 7.14. The van der Waals surface area contributed by atoms with Gasteiger partial charge in [-0.05, 0) is 36.8 Å². The molecule has 1 rings (SSSR count). The molecule has 1 heteroatoms. The molecule has 0 spiro atoms. The standard InChI is InChI=1S/C14H18S/c1-5-6-11(2)12(3)13-7-9-14(15-4)10-8-13/h7-12H,1-4H3. The number of hydrogen-bond donors (Lipinski definition) is 0. The molecule has 0 fully saturated rings. The smallest absolute Gasteiger partial charge is 0.0240 e. The lowest BCUT2D eigenvalue weighted by Gasteiger charge is -2.15. The van der Waals surface area contributed by atoms with Gasteiger partial charge < -0.3 is 0 Å². The van der Waals surface area contributed by atoms with Gasteiger partial charge in [-0.3, -0.25) is 0 Å². The molecular weight excluding hydrogens is 200 g/mol. The van der Waals surface area contributed by atoms with Gasteiger partial charge in [-0.25, -0.2) is 0 Å². The molecule has 80 valence electrons. The Bertz CT molecular complexity index is 353. The summed E-state index contributed by atoms with van der Waals surface area (Å²) in [6.45, 7) is 6.33. The van der Waals surface area contributed by atoms with Gasteiger partial charge in [-0.2, -0.15) is 0 Å². The van der Waals surface area contributed by atoms with Gasteiger partial charge in [0.1, 0.15) is 0 Å². The van der Waals surface area contributed by atoms with Crippen LogP contribution < -0.4 is 0 Å². The largest absolute Gasteiger partial charge is 0.130 e. The van der Waals surface area contributed by atoms with Crippen LogP contribution in [0.4, 0.5) is 0 Å². The number of hydrogen-bond acceptors (Lipinski definition) is 1. The quantitative estimate of drug-likeness (QED) is 0.542. The maximum absolute atomic E-state index is 3.22. The molecule has 0 aromatic heterocycles. The highest BCUT2D eigenvalue weighted by Crippen LogP contribution is 2.25. The fourth-order valence-corrected chi connectivity index (χ4v) is 1.96. The molecule has 1 aromatic rings. The predicted octanol–water partition coefficient (Wildman–Crippen LogP) is 4.17. The first-order valence-corrected chi connectivity index (χ1v) is 6.47. The number of benzene rings is 1. The van der Waals surface area contributed by atoms with Crippen LogP contribution >= 0.6 is 11.8 Å². The first kappa shape index (κ1) is 12.2. The van der Waals surface area contributed by atoms with E-state index in [4.69, 9.17) is 0 Å². The molecule has 15 heavy (non-hydrogen) atoms. The predicted molar refractivity (Wildman–Crippen MR) is 69.3 cm³/mol. The minimum absolute atomic E-state index is 0.426. The van der Waals surface area contributed by atoms with Gasteiger partial charge >= 0.3 is 0 Å². The van der Waals surface area contributed by atoms with Crippen LogP contribution in [0.3, 0.4) is 0 Å². The van der Waals surface area contributed by atoms with E-state index >= 15 is 0 Å². The molecule has 0 radical (unpaired) electrons. The summed E-state index contributed by atoms with van der Waals surface area (Å²) in [6.07, 6.45) is 2.10. The van der Waals surface area contributed by atoms with Crippen molar-refractivity contribution in [3.8, 4) is 11.8 Å². The number of rotatable bonds is 3. The summed E-state index contributed by atoms with van der Waals surface area (Å²) >= 11 is 1.78. The highest BCUT2D eigenvalue weighted by molar-refractivity contribution is 7.98. The van der Waals surface area contributed by atoms with Crippen LogP contribution in [-0.2, 0) is 0 Å². The van der Waals surface area contributed by atoms with E-state index in [9.17, 15) is 0 Å². The Morgan fingerprint density at radius 1 is 1.13 bits per heavy atom. The normalized spacial score (nSPS) is 13.9. The van der Waals surface area contributed by atoms with E-state index in [2.05, 4.69) is 56.2 Å². The third-order valence-electron chi connectivity index (χ3n) is 2.76. The van der Waals surface area contributed by atoms with Gasteiger partial charge in [0.25, 0.3) is 0 Å². The van der Waals surface area contributed by atoms with Crippen LogP contribution in [-0.4, -0.2) is 6.26 Å². The molecule has 0 saturated carbocycles. The summed E-state index contributed by atoms with van der Waals surface area (Å²) in [4.78, 5) is 1.32. The summed E-state index contributed by atoms with van der Waals surface area (Å²) in [6, 6.07) is 8.79. The lowest BCUT2D eigenvalue weighted by atomic mass is 9.89. The van der Waals surface area contributed by atoms with E-state index in [1.165, 1.54) is 10.5 Å². The van der Waals surface area contributed by atoms with Crippen LogP contribution in [0.25, 0.3) is 0 Å². The third-order valence-corrected chi connectivity index (χ3v) is 3.51. The van der Waals surface area contributed by atoms with Crippen LogP contribution in [0, 0.1) is 17.8 Å². The van der Waals surface area contributed by atoms with Crippen molar-refractivity contribution in [1.82, 2.24) is 0 Å². The summed E-state index contributed by atoms with van der Waals surface area (Å²) in [7, 11) is 0. The van der Waals surface area contributed by atoms with Gasteiger partial charge in [0.15, 0.2) is 0 Å². The fraction of sp³-hybridized carbons (Fsp3) is 0.429. The molecule has 0 bridgehead atoms. The molecular formula is C14H18S. The van der Waals surface area contributed by atoms with Gasteiger partial charge in [-0.1, -0.05) is 31.9 Å². The van der Waals surface area contributed by atoms with E-state index in [1.54, 1.807) is 11.8 Å². The van der Waals surface area contributed by atoms with Crippen molar-refractivity contribution in [2.24, 2.45) is 5.92 Å². The molecule has 2 atom stereocenters. The van der Waals surface area contributed by atoms with Gasteiger partial charge in [-0.15, -0.1) is 17.7 Å². The highest BCUT2D eigenvalue weighted by atomic mass is 32.2. The van der Waals surface area contributed by atoms with Gasteiger partial charge in [0.05, 0.1) is 0 Å². The molecule has 0 saturated heterocycles. The van der Waals surface area contributed by atoms with Crippen LogP contribution in [0.5, 0.6) is 0 Å². The second-order valence-corrected chi connectivity index (χ2v) is 4.62. The van der Waals surface area contributed by atoms with Crippen molar-refractivity contribution in [1.29, 1.82) is 0 Å². The monoisotopic (exact) mass is 218 g/mol. The molecule has 0 aliphatic rings. The molecule has 0 aliphatic carbocycles. The fourth-order valence-electron chi connectivity index (χ4n) is 1.55. The Balaban J connectivity index is 2.80. The summed E-state index contributed by atoms with van der Waals surface area (Å²) < 4.78 is 0. The van der Waals surface area contributed by atoms with Crippen LogP contribution in [0.15, 0.2) is 29.2 Å². The average molecular weight is 218 g/mol. The van der Waals surface area contributed by atoms with Gasteiger partial charge in [0, 0.05) is 10.8 Å². The second kappa shape index (κ2) is 5.88. The zero-order valence-corrected chi connectivity index (χ0v) is 10.7. The summed E-state index contributed by atoms with van der Waals surface area (Å²) in [5.41, 5.74) is 1.38. The SMILES string of the molecule is CC#CC(C)C(C)c1ccc(SC)cc1. The highest BCUT2D eigenvalue weighted by Gasteiger charge is 2.11. The lowest BCUT2D eigenvalue weighted by Crippen LogP contribution is -2.03. The van der Waals surface area contributed by atoms with Crippen molar-refractivity contribution in [2.45, 2.75) is 31.6 Å². The second-order valence-electron chi connectivity index (χ2n) is 3.74. The third kappa shape index (κ3) is 3.32. The van der Waals surface area contributed by atoms with E-state index in [1.807, 2.05) is 6.92 Å². The summed E-state index contributed by atoms with van der Waals surface area (Å²) in [5, 5.41) is 0. The average Bonchev–Trinajstić information content (AvgIpc) is 2.28. The Morgan fingerprint density at radius 3 is 2.20 bits per heavy atom. The Morgan fingerprint density at radius 2 is 1.73 bits per heavy atom. The van der Waals surface area contributed by atoms with E-state index in [-0.39, 0.29) is 0 Å². The maximum atomic E-state index is 3.22. The lowest BCUT2D eigenvalue weighted by molar-refractivity contribution is 0.609. The van der Waals surface area contributed by atoms with Crippen LogP contribution in [0.2, 0.25) is 0 Å². The molecule has 1 aromatic carbocycles. The van der Waals surface area contributed by atoms with Crippen molar-refractivity contribution >= 4 is 11.8 Å². The van der Waals surface area contributed by atoms with Crippen molar-refractivity contribution in [3.05, 3.63) is 29.8 Å². The van der Waals surface area contributed by atoms with Crippen molar-refractivity contribution < 1.29 is 0 Å². The Kier molecular flexibility index (Phi) is 4.78. The van der Waals surface area contributed by atoms with E-state index in [0.717, 1.165) is 0 Å². The molecule has 0 nitrogen and oxygen atoms in total. The van der Waals surface area contributed by atoms with Crippen molar-refractivity contribution in [2.75, 3.05) is 6.26 Å². The molecule has 0 N–H and O–H groups in total. The topological polar surface area (TPSA) is 0 Å².